The average Bonchev–Trinajstić information content (AvgIpc) is 3.36. The number of likely N-dealkylation sites (tertiary alicyclic amines) is 1. The lowest BCUT2D eigenvalue weighted by Crippen LogP contribution is -2.71. The molecule has 0 bridgehead atoms. The fourth-order valence-corrected chi connectivity index (χ4v) is 10.8. The predicted octanol–water partition coefficient (Wildman–Crippen LogP) is 4.74. The van der Waals surface area contributed by atoms with Gasteiger partial charge in [-0.3, -0.25) is 19.3 Å². The van der Waals surface area contributed by atoms with E-state index in [9.17, 15) is 19.5 Å². The third kappa shape index (κ3) is 3.35. The molecule has 0 aromatic rings. The summed E-state index contributed by atoms with van der Waals surface area (Å²) in [4.78, 5) is 40.8. The van der Waals surface area contributed by atoms with Gasteiger partial charge in [-0.15, -0.1) is 0 Å². The van der Waals surface area contributed by atoms with Crippen molar-refractivity contribution in [3.05, 3.63) is 23.8 Å². The van der Waals surface area contributed by atoms with Crippen molar-refractivity contribution in [2.24, 2.45) is 33.5 Å². The summed E-state index contributed by atoms with van der Waals surface area (Å²) in [6, 6.07) is 0.442. The number of esters is 1. The summed E-state index contributed by atoms with van der Waals surface area (Å²) < 4.78 is 23.1. The largest absolute Gasteiger partial charge is 0.458 e. The molecule has 39 heavy (non-hydrogen) atoms. The average molecular weight is 542 g/mol. The lowest BCUT2D eigenvalue weighted by atomic mass is 9.38. The van der Waals surface area contributed by atoms with Gasteiger partial charge in [0.05, 0.1) is 11.5 Å². The minimum absolute atomic E-state index is 0.0141. The number of hydrogen-bond donors (Lipinski definition) is 1. The number of ketones is 2. The molecule has 0 radical (unpaired) electrons. The maximum Gasteiger partial charge on any atom is 0.303 e. The molecule has 0 spiro atoms. The topological polar surface area (TPSA) is 83.9 Å². The molecule has 6 aliphatic rings. The van der Waals surface area contributed by atoms with Gasteiger partial charge in [-0.25, -0.2) is 4.39 Å². The zero-order valence-corrected chi connectivity index (χ0v) is 23.9. The minimum atomic E-state index is -1.94. The third-order valence-corrected chi connectivity index (χ3v) is 12.9. The number of fused-ring (bicyclic) bond motifs is 7. The van der Waals surface area contributed by atoms with Gasteiger partial charge in [-0.1, -0.05) is 44.8 Å². The van der Waals surface area contributed by atoms with Crippen LogP contribution in [0.3, 0.4) is 0 Å². The molecule has 1 N–H and O–H groups in total. The molecule has 8 atom stereocenters. The molecule has 1 aliphatic heterocycles. The van der Waals surface area contributed by atoms with Crippen LogP contribution in [0.4, 0.5) is 4.39 Å². The molecule has 5 fully saturated rings. The van der Waals surface area contributed by atoms with E-state index >= 15 is 4.39 Å². The van der Waals surface area contributed by atoms with Gasteiger partial charge in [0.2, 0.25) is 0 Å². The highest BCUT2D eigenvalue weighted by Crippen LogP contribution is 2.79. The standard InChI is InChI=1S/C32H44FNO5/c1-20(35)39-18-27(38)31-19-34(23-8-6-5-7-9-23)17-22(31)15-29(3)25-11-10-21-14-24(36)12-13-28(21,2)32(25,33)26(37)16-30(29,31)4/h12-14,22-23,25-26,37H,5-11,15-19H2,1-4H3. The van der Waals surface area contributed by atoms with Crippen LogP contribution in [0.2, 0.25) is 0 Å². The second kappa shape index (κ2) is 8.82. The zero-order valence-electron chi connectivity index (χ0n) is 23.9. The SMILES string of the molecule is CC(=O)OCC(=O)C12CN(C3CCCCC3)CC1CC1(C)C3CCC4=CC(=O)C=CC4(C)C3(F)C(O)CC12C. The number of nitrogens with zero attached hydrogens (tertiary/aromatic N) is 1. The first-order chi connectivity index (χ1) is 18.3. The smallest absolute Gasteiger partial charge is 0.303 e. The lowest BCUT2D eigenvalue weighted by molar-refractivity contribution is -0.237. The number of rotatable bonds is 4. The monoisotopic (exact) mass is 541 g/mol. The number of aliphatic hydroxyl groups excluding tert-OH is 1. The zero-order chi connectivity index (χ0) is 28.0. The van der Waals surface area contributed by atoms with Gasteiger partial charge in [0.1, 0.15) is 0 Å². The van der Waals surface area contributed by atoms with E-state index in [0.29, 0.717) is 31.8 Å². The number of alkyl halides is 1. The van der Waals surface area contributed by atoms with Crippen molar-refractivity contribution in [1.82, 2.24) is 4.90 Å². The Bertz CT molecular complexity index is 1160. The van der Waals surface area contributed by atoms with Crippen molar-refractivity contribution >= 4 is 17.5 Å². The second-order valence-corrected chi connectivity index (χ2v) is 14.2. The first kappa shape index (κ1) is 27.3. The van der Waals surface area contributed by atoms with E-state index < -0.39 is 45.3 Å². The van der Waals surface area contributed by atoms with Crippen molar-refractivity contribution in [2.45, 2.75) is 103 Å². The maximum atomic E-state index is 17.8. The Morgan fingerprint density at radius 3 is 2.54 bits per heavy atom. The van der Waals surface area contributed by atoms with E-state index in [-0.39, 0.29) is 30.5 Å². The summed E-state index contributed by atoms with van der Waals surface area (Å²) >= 11 is 0. The maximum absolute atomic E-state index is 17.8. The summed E-state index contributed by atoms with van der Waals surface area (Å²) in [5.41, 5.74) is -4.26. The Morgan fingerprint density at radius 2 is 1.85 bits per heavy atom. The van der Waals surface area contributed by atoms with Crippen molar-refractivity contribution < 1.29 is 28.6 Å². The van der Waals surface area contributed by atoms with E-state index in [0.717, 1.165) is 25.0 Å². The number of hydrogen-bond acceptors (Lipinski definition) is 6. The number of carbonyl (C=O) groups excluding carboxylic acids is 3. The Labute approximate surface area is 231 Å². The Kier molecular flexibility index (Phi) is 6.18. The highest BCUT2D eigenvalue weighted by Gasteiger charge is 2.81. The highest BCUT2D eigenvalue weighted by molar-refractivity contribution is 6.01. The van der Waals surface area contributed by atoms with Crippen molar-refractivity contribution in [3.8, 4) is 0 Å². The Balaban J connectivity index is 1.44. The lowest BCUT2D eigenvalue weighted by Gasteiger charge is -2.67. The van der Waals surface area contributed by atoms with Gasteiger partial charge < -0.3 is 9.84 Å². The summed E-state index contributed by atoms with van der Waals surface area (Å²) in [5, 5.41) is 11.9. The molecular formula is C32H44FNO5. The van der Waals surface area contributed by atoms with E-state index in [1.807, 2.05) is 6.92 Å². The molecular weight excluding hydrogens is 497 g/mol. The Hall–Kier alpha value is -1.86. The van der Waals surface area contributed by atoms with Gasteiger partial charge in [-0.2, -0.15) is 0 Å². The summed E-state index contributed by atoms with van der Waals surface area (Å²) in [7, 11) is 0. The molecule has 1 saturated heterocycles. The molecule has 6 nitrogen and oxygen atoms in total. The van der Waals surface area contributed by atoms with Crippen LogP contribution in [-0.2, 0) is 19.1 Å². The molecule has 6 rings (SSSR count). The van der Waals surface area contributed by atoms with Crippen LogP contribution in [0, 0.1) is 33.5 Å². The molecule has 0 aromatic heterocycles. The van der Waals surface area contributed by atoms with E-state index in [1.165, 1.54) is 32.3 Å². The van der Waals surface area contributed by atoms with E-state index in [1.54, 1.807) is 12.2 Å². The summed E-state index contributed by atoms with van der Waals surface area (Å²) in [6.07, 6.45) is 11.4. The number of aliphatic hydroxyl groups is 1. The number of halogens is 1. The summed E-state index contributed by atoms with van der Waals surface area (Å²) in [5.74, 6) is -1.13. The van der Waals surface area contributed by atoms with Crippen molar-refractivity contribution in [1.29, 1.82) is 0 Å². The summed E-state index contributed by atoms with van der Waals surface area (Å²) in [6.45, 7) is 8.56. The fraction of sp³-hybridized carbons (Fsp3) is 0.781. The molecule has 5 aliphatic carbocycles. The van der Waals surface area contributed by atoms with Crippen LogP contribution in [-0.4, -0.2) is 65.1 Å². The number of carbonyl (C=O) groups is 3. The van der Waals surface area contributed by atoms with Crippen molar-refractivity contribution in [3.63, 3.8) is 0 Å². The number of allylic oxidation sites excluding steroid dienone is 4. The van der Waals surface area contributed by atoms with Crippen molar-refractivity contribution in [2.75, 3.05) is 19.7 Å². The first-order valence-corrected chi connectivity index (χ1v) is 15.1. The van der Waals surface area contributed by atoms with Gasteiger partial charge in [-0.05, 0) is 74.3 Å². The highest BCUT2D eigenvalue weighted by atomic mass is 19.1. The molecule has 0 amide bonds. The number of ether oxygens (including phenoxy) is 1. The van der Waals surface area contributed by atoms with Crippen LogP contribution < -0.4 is 0 Å². The quantitative estimate of drug-likeness (QED) is 0.518. The molecule has 4 saturated carbocycles. The van der Waals surface area contributed by atoms with Crippen LogP contribution in [0.1, 0.15) is 85.5 Å². The molecule has 8 unspecified atom stereocenters. The predicted molar refractivity (Wildman–Crippen MR) is 144 cm³/mol. The Morgan fingerprint density at radius 1 is 1.13 bits per heavy atom. The molecule has 1 heterocycles. The molecule has 0 aromatic carbocycles. The van der Waals surface area contributed by atoms with Crippen LogP contribution >= 0.6 is 0 Å². The van der Waals surface area contributed by atoms with Crippen LogP contribution in [0.15, 0.2) is 23.8 Å². The second-order valence-electron chi connectivity index (χ2n) is 14.2. The third-order valence-electron chi connectivity index (χ3n) is 12.9. The van der Waals surface area contributed by atoms with E-state index in [2.05, 4.69) is 18.7 Å². The van der Waals surface area contributed by atoms with Crippen LogP contribution in [0.25, 0.3) is 0 Å². The first-order valence-electron chi connectivity index (χ1n) is 15.1. The minimum Gasteiger partial charge on any atom is -0.458 e. The van der Waals surface area contributed by atoms with Gasteiger partial charge >= 0.3 is 5.97 Å². The van der Waals surface area contributed by atoms with Crippen LogP contribution in [0.5, 0.6) is 0 Å². The normalized spacial score (nSPS) is 47.6. The van der Waals surface area contributed by atoms with E-state index in [4.69, 9.17) is 4.74 Å². The molecule has 7 heteroatoms. The number of Topliss-reactive ketones (excluding diaryl/α,β-unsaturated/α-hetero) is 1. The van der Waals surface area contributed by atoms with Gasteiger partial charge in [0.15, 0.2) is 23.8 Å². The molecule has 214 valence electrons. The van der Waals surface area contributed by atoms with Gasteiger partial charge in [0.25, 0.3) is 0 Å². The fourth-order valence-electron chi connectivity index (χ4n) is 10.8. The van der Waals surface area contributed by atoms with Gasteiger partial charge in [0, 0.05) is 37.4 Å².